The Morgan fingerprint density at radius 2 is 1.64 bits per heavy atom. The predicted octanol–water partition coefficient (Wildman–Crippen LogP) is 4.95. The van der Waals surface area contributed by atoms with Crippen LogP contribution in [0.3, 0.4) is 0 Å². The van der Waals surface area contributed by atoms with Gasteiger partial charge in [-0.25, -0.2) is 4.79 Å². The number of carbonyl (C=O) groups is 2. The van der Waals surface area contributed by atoms with Crippen LogP contribution >= 0.6 is 0 Å². The molecular formula is C33H32N4O8. The second-order valence-corrected chi connectivity index (χ2v) is 10.8. The van der Waals surface area contributed by atoms with Crippen LogP contribution < -0.4 is 34.1 Å². The molecule has 0 aliphatic carbocycles. The summed E-state index contributed by atoms with van der Waals surface area (Å²) in [7, 11) is 6.83. The Morgan fingerprint density at radius 3 is 2.38 bits per heavy atom. The molecule has 12 heteroatoms. The van der Waals surface area contributed by atoms with Gasteiger partial charge in [-0.1, -0.05) is 19.1 Å². The lowest BCUT2D eigenvalue weighted by Crippen LogP contribution is -2.30. The molecule has 2 aromatic heterocycles. The van der Waals surface area contributed by atoms with Gasteiger partial charge in [0.25, 0.3) is 5.56 Å². The van der Waals surface area contributed by atoms with Crippen molar-refractivity contribution in [1.29, 1.82) is 0 Å². The van der Waals surface area contributed by atoms with Gasteiger partial charge < -0.3 is 33.2 Å². The summed E-state index contributed by atoms with van der Waals surface area (Å²) in [5.74, 6) is 1.25. The maximum atomic E-state index is 14.2. The summed E-state index contributed by atoms with van der Waals surface area (Å²) in [5, 5.41) is 2.37. The maximum Gasteiger partial charge on any atom is 0.419 e. The highest BCUT2D eigenvalue weighted by atomic mass is 16.7. The molecule has 3 aromatic carbocycles. The molecule has 12 nitrogen and oxygen atoms in total. The first-order valence-corrected chi connectivity index (χ1v) is 14.4. The highest BCUT2D eigenvalue weighted by molar-refractivity contribution is 6.15. The average Bonchev–Trinajstić information content (AvgIpc) is 3.50. The lowest BCUT2D eigenvalue weighted by Gasteiger charge is -2.21. The largest absolute Gasteiger partial charge is 0.493 e. The average molecular weight is 613 g/mol. The van der Waals surface area contributed by atoms with Crippen LogP contribution in [-0.4, -0.2) is 68.1 Å². The fourth-order valence-corrected chi connectivity index (χ4v) is 5.29. The molecule has 0 N–H and O–H groups in total. The minimum atomic E-state index is -0.773. The third-order valence-electron chi connectivity index (χ3n) is 7.65. The van der Waals surface area contributed by atoms with Crippen LogP contribution in [0.5, 0.6) is 28.7 Å². The van der Waals surface area contributed by atoms with E-state index in [1.54, 1.807) is 48.0 Å². The number of hydrogen-bond donors (Lipinski definition) is 0. The zero-order chi connectivity index (χ0) is 31.8. The number of aromatic nitrogens is 2. The van der Waals surface area contributed by atoms with Crippen LogP contribution in [0.15, 0.2) is 59.5 Å². The summed E-state index contributed by atoms with van der Waals surface area (Å²) in [5.41, 5.74) is 1.42. The van der Waals surface area contributed by atoms with Crippen molar-refractivity contribution >= 4 is 50.3 Å². The summed E-state index contributed by atoms with van der Waals surface area (Å²) in [6.07, 6.45) is 1.12. The Kier molecular flexibility index (Phi) is 7.90. The van der Waals surface area contributed by atoms with E-state index in [2.05, 4.69) is 0 Å². The van der Waals surface area contributed by atoms with E-state index in [1.807, 2.05) is 31.1 Å². The van der Waals surface area contributed by atoms with Gasteiger partial charge in [0, 0.05) is 55.0 Å². The van der Waals surface area contributed by atoms with Gasteiger partial charge in [0.05, 0.1) is 29.2 Å². The zero-order valence-corrected chi connectivity index (χ0v) is 25.6. The quantitative estimate of drug-likeness (QED) is 0.135. The normalized spacial score (nSPS) is 12.2. The number of nitrogens with zero attached hydrogens (tertiary/aromatic N) is 4. The van der Waals surface area contributed by atoms with E-state index in [4.69, 9.17) is 28.7 Å². The van der Waals surface area contributed by atoms with Crippen molar-refractivity contribution in [2.45, 2.75) is 19.9 Å². The van der Waals surface area contributed by atoms with Crippen molar-refractivity contribution in [3.8, 4) is 28.7 Å². The van der Waals surface area contributed by atoms with Crippen molar-refractivity contribution in [3.63, 3.8) is 0 Å². The monoisotopic (exact) mass is 612 g/mol. The fraction of sp³-hybridized carbons (Fsp3) is 0.273. The first kappa shape index (κ1) is 29.7. The van der Waals surface area contributed by atoms with Crippen molar-refractivity contribution < 1.29 is 33.3 Å². The van der Waals surface area contributed by atoms with Gasteiger partial charge in [-0.05, 0) is 44.4 Å². The van der Waals surface area contributed by atoms with E-state index in [9.17, 15) is 14.4 Å². The second-order valence-electron chi connectivity index (χ2n) is 10.8. The lowest BCUT2D eigenvalue weighted by atomic mass is 10.0. The number of amides is 1. The van der Waals surface area contributed by atoms with Gasteiger partial charge >= 0.3 is 12.1 Å². The van der Waals surface area contributed by atoms with E-state index < -0.39 is 12.1 Å². The van der Waals surface area contributed by atoms with Crippen molar-refractivity contribution in [2.24, 2.45) is 0 Å². The van der Waals surface area contributed by atoms with Gasteiger partial charge in [-0.15, -0.1) is 0 Å². The highest BCUT2D eigenvalue weighted by Gasteiger charge is 2.24. The topological polar surface area (TPSA) is 122 Å². The molecule has 232 valence electrons. The summed E-state index contributed by atoms with van der Waals surface area (Å²) in [6, 6.07) is 13.5. The van der Waals surface area contributed by atoms with E-state index in [1.165, 1.54) is 25.1 Å². The first-order chi connectivity index (χ1) is 21.7. The molecule has 0 fully saturated rings. The number of carbonyl (C=O) groups excluding carboxylic acids is 2. The summed E-state index contributed by atoms with van der Waals surface area (Å²) in [4.78, 5) is 47.5. The van der Waals surface area contributed by atoms with E-state index in [0.29, 0.717) is 52.1 Å². The van der Waals surface area contributed by atoms with Gasteiger partial charge in [-0.2, -0.15) is 0 Å². The van der Waals surface area contributed by atoms with Gasteiger partial charge in [0.15, 0.2) is 28.7 Å². The van der Waals surface area contributed by atoms with Crippen LogP contribution in [0, 0.1) is 0 Å². The molecule has 1 aliphatic rings. The standard InChI is InChI=1S/C33H32N4O8/c1-6-30(38)44-25-10-8-7-9-24(25)36(4)33(40)45-29-14-20-19(13-26(29)41-5)22-17-34-23-16-28-27(42-18-43-28)15-21(23)31(22)37(32(20)39)12-11-35(2)3/h7-10,13-17H,6,11-12,18H2,1-5H3. The number of para-hydroxylation sites is 2. The number of methoxy groups -OCH3 is 1. The molecule has 45 heavy (non-hydrogen) atoms. The number of benzene rings is 3. The van der Waals surface area contributed by atoms with Crippen LogP contribution in [0.1, 0.15) is 13.3 Å². The molecular weight excluding hydrogens is 580 g/mol. The summed E-state index contributed by atoms with van der Waals surface area (Å²) in [6.45, 7) is 2.78. The van der Waals surface area contributed by atoms with E-state index >= 15 is 0 Å². The molecule has 0 radical (unpaired) electrons. The number of hydrogen-bond acceptors (Lipinski definition) is 10. The van der Waals surface area contributed by atoms with Crippen LogP contribution in [-0.2, 0) is 11.3 Å². The number of pyridine rings is 2. The Balaban J connectivity index is 1.48. The van der Waals surface area contributed by atoms with Crippen molar-refractivity contribution in [1.82, 2.24) is 14.5 Å². The molecule has 5 aromatic rings. The number of anilines is 1. The van der Waals surface area contributed by atoms with Crippen LogP contribution in [0.4, 0.5) is 10.5 Å². The van der Waals surface area contributed by atoms with E-state index in [-0.39, 0.29) is 36.0 Å². The molecule has 0 unspecified atom stereocenters. The molecule has 0 spiro atoms. The summed E-state index contributed by atoms with van der Waals surface area (Å²) >= 11 is 0. The van der Waals surface area contributed by atoms with Crippen molar-refractivity contribution in [3.05, 3.63) is 65.1 Å². The first-order valence-electron chi connectivity index (χ1n) is 14.4. The molecule has 0 saturated heterocycles. The minimum absolute atomic E-state index is 0.0533. The Morgan fingerprint density at radius 1 is 0.911 bits per heavy atom. The summed E-state index contributed by atoms with van der Waals surface area (Å²) < 4.78 is 29.7. The highest BCUT2D eigenvalue weighted by Crippen LogP contribution is 2.40. The lowest BCUT2D eigenvalue weighted by molar-refractivity contribution is -0.133. The molecule has 1 aliphatic heterocycles. The molecule has 0 bridgehead atoms. The SMILES string of the molecule is CCC(=O)Oc1ccccc1N(C)C(=O)Oc1cc2c(=O)n(CCN(C)C)c3c4cc5c(cc4ncc3c2cc1OC)OCO5. The smallest absolute Gasteiger partial charge is 0.419 e. The molecule has 1 amide bonds. The van der Waals surface area contributed by atoms with Crippen LogP contribution in [0.25, 0.3) is 32.6 Å². The van der Waals surface area contributed by atoms with Crippen molar-refractivity contribution in [2.75, 3.05) is 46.5 Å². The predicted molar refractivity (Wildman–Crippen MR) is 169 cm³/mol. The zero-order valence-electron chi connectivity index (χ0n) is 25.6. The second kappa shape index (κ2) is 12.0. The fourth-order valence-electron chi connectivity index (χ4n) is 5.29. The molecule has 3 heterocycles. The third-order valence-corrected chi connectivity index (χ3v) is 7.65. The van der Waals surface area contributed by atoms with Crippen LogP contribution in [0.2, 0.25) is 0 Å². The Hall–Kier alpha value is -5.36. The Bertz CT molecular complexity index is 2040. The number of rotatable bonds is 8. The number of esters is 1. The number of likely N-dealkylation sites (N-methyl/N-ethyl adjacent to an activating group) is 1. The Labute approximate surface area is 258 Å². The maximum absolute atomic E-state index is 14.2. The van der Waals surface area contributed by atoms with Gasteiger partial charge in [-0.3, -0.25) is 19.5 Å². The molecule has 0 saturated carbocycles. The minimum Gasteiger partial charge on any atom is -0.493 e. The number of ether oxygens (including phenoxy) is 5. The van der Waals surface area contributed by atoms with E-state index in [0.717, 1.165) is 10.8 Å². The molecule has 0 atom stereocenters. The van der Waals surface area contributed by atoms with Gasteiger partial charge in [0.1, 0.15) is 0 Å². The third kappa shape index (κ3) is 5.44. The number of fused-ring (bicyclic) bond motifs is 6. The van der Waals surface area contributed by atoms with Gasteiger partial charge in [0.2, 0.25) is 6.79 Å². The molecule has 6 rings (SSSR count).